The number of nitriles is 1. The zero-order valence-corrected chi connectivity index (χ0v) is 10.5. The smallest absolute Gasteiger partial charge is 0.258 e. The molecule has 0 unspecified atom stereocenters. The lowest BCUT2D eigenvalue weighted by molar-refractivity contribution is 0.148. The average Bonchev–Trinajstić information content (AvgIpc) is 2.11. The van der Waals surface area contributed by atoms with Crippen molar-refractivity contribution in [3.63, 3.8) is 0 Å². The maximum Gasteiger partial charge on any atom is 0.266 e. The number of pyridine rings is 1. The molecule has 0 atom stereocenters. The molecule has 0 aliphatic rings. The molecule has 6 heteroatoms. The molecule has 0 saturated heterocycles. The largest absolute Gasteiger partial charge is 0.266 e. The molecule has 1 aromatic rings. The number of alkyl halides is 2. The van der Waals surface area contributed by atoms with Crippen molar-refractivity contribution in [1.29, 1.82) is 5.26 Å². The molecule has 0 radical (unpaired) electrons. The third-order valence-electron chi connectivity index (χ3n) is 1.56. The molecule has 0 saturated carbocycles. The number of halogens is 4. The Kier molecular flexibility index (Phi) is 4.19. The van der Waals surface area contributed by atoms with Crippen molar-refractivity contribution in [3.05, 3.63) is 25.5 Å². The summed E-state index contributed by atoms with van der Waals surface area (Å²) in [5.41, 5.74) is -0.00312. The monoisotopic (exact) mass is 372 g/mol. The van der Waals surface area contributed by atoms with Gasteiger partial charge in [-0.25, -0.2) is 8.78 Å². The Morgan fingerprint density at radius 3 is 2.79 bits per heavy atom. The lowest BCUT2D eigenvalue weighted by Crippen LogP contribution is -2.01. The Morgan fingerprint density at radius 2 is 2.29 bits per heavy atom. The molecule has 0 aromatic carbocycles. The molecule has 1 heterocycles. The third-order valence-corrected chi connectivity index (χ3v) is 4.06. The molecule has 74 valence electrons. The molecule has 14 heavy (non-hydrogen) atoms. The van der Waals surface area contributed by atoms with Crippen LogP contribution < -0.4 is 0 Å². The average molecular weight is 373 g/mol. The summed E-state index contributed by atoms with van der Waals surface area (Å²) in [7, 11) is 0. The minimum absolute atomic E-state index is 0.0943. The van der Waals surface area contributed by atoms with Crippen molar-refractivity contribution in [2.75, 3.05) is 0 Å². The molecule has 0 fully saturated rings. The van der Waals surface area contributed by atoms with E-state index in [2.05, 4.69) is 20.9 Å². The lowest BCUT2D eigenvalue weighted by Gasteiger charge is -2.08. The fourth-order valence-corrected chi connectivity index (χ4v) is 1.96. The van der Waals surface area contributed by atoms with Crippen LogP contribution in [-0.4, -0.2) is 4.98 Å². The highest BCUT2D eigenvalue weighted by Gasteiger charge is 2.19. The second-order valence-electron chi connectivity index (χ2n) is 2.42. The summed E-state index contributed by atoms with van der Waals surface area (Å²) in [4.78, 5) is 3.80. The summed E-state index contributed by atoms with van der Waals surface area (Å²) in [6.45, 7) is 0. The standard InChI is InChI=1S/C8H4BrF2IN2/c9-4-3-14-5(1-2-13)6(7(4)12)8(10)11/h3,8H,1H2. The van der Waals surface area contributed by atoms with E-state index in [0.29, 0.717) is 8.04 Å². The van der Waals surface area contributed by atoms with E-state index in [-0.39, 0.29) is 17.7 Å². The van der Waals surface area contributed by atoms with Gasteiger partial charge >= 0.3 is 0 Å². The molecular weight excluding hydrogens is 369 g/mol. The molecule has 1 rings (SSSR count). The predicted octanol–water partition coefficient (Wildman–Crippen LogP) is 3.45. The minimum atomic E-state index is -2.60. The Morgan fingerprint density at radius 1 is 1.64 bits per heavy atom. The van der Waals surface area contributed by atoms with Crippen LogP contribution in [0.4, 0.5) is 8.78 Å². The van der Waals surface area contributed by atoms with Gasteiger partial charge in [0, 0.05) is 14.2 Å². The van der Waals surface area contributed by atoms with Crippen molar-refractivity contribution >= 4 is 38.5 Å². The van der Waals surface area contributed by atoms with Gasteiger partial charge in [-0.1, -0.05) is 0 Å². The van der Waals surface area contributed by atoms with Crippen LogP contribution in [-0.2, 0) is 6.42 Å². The van der Waals surface area contributed by atoms with E-state index < -0.39 is 6.43 Å². The second kappa shape index (κ2) is 4.98. The van der Waals surface area contributed by atoms with E-state index in [9.17, 15) is 8.78 Å². The van der Waals surface area contributed by atoms with Gasteiger partial charge in [-0.2, -0.15) is 5.26 Å². The van der Waals surface area contributed by atoms with Gasteiger partial charge in [0.15, 0.2) is 0 Å². The minimum Gasteiger partial charge on any atom is -0.258 e. The van der Waals surface area contributed by atoms with E-state index in [0.717, 1.165) is 0 Å². The van der Waals surface area contributed by atoms with Crippen LogP contribution in [0.15, 0.2) is 10.7 Å². The molecule has 0 bridgehead atoms. The van der Waals surface area contributed by atoms with Crippen molar-refractivity contribution in [1.82, 2.24) is 4.98 Å². The SMILES string of the molecule is N#CCc1ncc(Br)c(I)c1C(F)F. The van der Waals surface area contributed by atoms with Crippen molar-refractivity contribution in [2.24, 2.45) is 0 Å². The van der Waals surface area contributed by atoms with Crippen molar-refractivity contribution in [3.8, 4) is 6.07 Å². The topological polar surface area (TPSA) is 36.7 Å². The zero-order chi connectivity index (χ0) is 10.7. The fourth-order valence-electron chi connectivity index (χ4n) is 0.954. The Balaban J connectivity index is 3.31. The second-order valence-corrected chi connectivity index (χ2v) is 4.35. The van der Waals surface area contributed by atoms with E-state index in [1.165, 1.54) is 6.20 Å². The van der Waals surface area contributed by atoms with Gasteiger partial charge in [-0.05, 0) is 38.5 Å². The molecule has 0 spiro atoms. The van der Waals surface area contributed by atoms with Crippen molar-refractivity contribution in [2.45, 2.75) is 12.8 Å². The number of aromatic nitrogens is 1. The first-order valence-electron chi connectivity index (χ1n) is 3.55. The maximum atomic E-state index is 12.6. The van der Waals surface area contributed by atoms with Crippen LogP contribution in [0.5, 0.6) is 0 Å². The first-order valence-corrected chi connectivity index (χ1v) is 5.43. The Labute approximate surface area is 102 Å². The number of hydrogen-bond donors (Lipinski definition) is 0. The summed E-state index contributed by atoms with van der Waals surface area (Å²) >= 11 is 4.92. The van der Waals surface area contributed by atoms with E-state index in [1.54, 1.807) is 0 Å². The van der Waals surface area contributed by atoms with E-state index in [4.69, 9.17) is 5.26 Å². The maximum absolute atomic E-state index is 12.6. The van der Waals surface area contributed by atoms with Crippen LogP contribution >= 0.6 is 38.5 Å². The normalized spacial score (nSPS) is 10.3. The van der Waals surface area contributed by atoms with Crippen LogP contribution in [0.1, 0.15) is 17.7 Å². The molecule has 0 N–H and O–H groups in total. The number of rotatable bonds is 2. The molecule has 2 nitrogen and oxygen atoms in total. The van der Waals surface area contributed by atoms with Gasteiger partial charge in [0.25, 0.3) is 6.43 Å². The van der Waals surface area contributed by atoms with Gasteiger partial charge in [-0.3, -0.25) is 4.98 Å². The van der Waals surface area contributed by atoms with Crippen LogP contribution in [0, 0.1) is 14.9 Å². The van der Waals surface area contributed by atoms with E-state index >= 15 is 0 Å². The molecule has 0 aliphatic carbocycles. The van der Waals surface area contributed by atoms with Crippen LogP contribution in [0.2, 0.25) is 0 Å². The van der Waals surface area contributed by atoms with Gasteiger partial charge in [0.2, 0.25) is 0 Å². The summed E-state index contributed by atoms with van der Waals surface area (Å²) in [5, 5.41) is 8.44. The highest BCUT2D eigenvalue weighted by atomic mass is 127. The molecule has 0 aliphatic heterocycles. The number of hydrogen-bond acceptors (Lipinski definition) is 2. The lowest BCUT2D eigenvalue weighted by atomic mass is 10.1. The predicted molar refractivity (Wildman–Crippen MR) is 58.9 cm³/mol. The van der Waals surface area contributed by atoms with Gasteiger partial charge in [0.05, 0.1) is 23.7 Å². The van der Waals surface area contributed by atoms with Gasteiger partial charge < -0.3 is 0 Å². The van der Waals surface area contributed by atoms with Gasteiger partial charge in [0.1, 0.15) is 0 Å². The van der Waals surface area contributed by atoms with Crippen LogP contribution in [0.25, 0.3) is 0 Å². The zero-order valence-electron chi connectivity index (χ0n) is 6.77. The quantitative estimate of drug-likeness (QED) is 0.745. The first kappa shape index (κ1) is 11.8. The highest BCUT2D eigenvalue weighted by molar-refractivity contribution is 14.1. The summed E-state index contributed by atoms with van der Waals surface area (Å²) in [6, 6.07) is 1.81. The first-order chi connectivity index (χ1) is 6.57. The number of nitrogens with zero attached hydrogens (tertiary/aromatic N) is 2. The Hall–Kier alpha value is -0.290. The third kappa shape index (κ3) is 2.39. The Bertz CT molecular complexity index is 390. The summed E-state index contributed by atoms with van der Waals surface area (Å²) < 4.78 is 26.2. The summed E-state index contributed by atoms with van der Waals surface area (Å²) in [6.07, 6.45) is -1.27. The van der Waals surface area contributed by atoms with Crippen molar-refractivity contribution < 1.29 is 8.78 Å². The highest BCUT2D eigenvalue weighted by Crippen LogP contribution is 2.31. The molecular formula is C8H4BrF2IN2. The van der Waals surface area contributed by atoms with Crippen LogP contribution in [0.3, 0.4) is 0 Å². The summed E-state index contributed by atoms with van der Waals surface area (Å²) in [5.74, 6) is 0. The fraction of sp³-hybridized carbons (Fsp3) is 0.250. The molecule has 0 amide bonds. The van der Waals surface area contributed by atoms with E-state index in [1.807, 2.05) is 28.7 Å². The van der Waals surface area contributed by atoms with Gasteiger partial charge in [-0.15, -0.1) is 0 Å². The molecule has 1 aromatic heterocycles.